The van der Waals surface area contributed by atoms with Crippen LogP contribution in [0.25, 0.3) is 5.69 Å². The van der Waals surface area contributed by atoms with E-state index in [1.165, 1.54) is 0 Å². The zero-order valence-corrected chi connectivity index (χ0v) is 12.3. The van der Waals surface area contributed by atoms with E-state index < -0.39 is 0 Å². The molecule has 0 saturated carbocycles. The Labute approximate surface area is 122 Å². The van der Waals surface area contributed by atoms with Crippen molar-refractivity contribution in [3.05, 3.63) is 48.3 Å². The molecule has 1 amide bonds. The van der Waals surface area contributed by atoms with Crippen molar-refractivity contribution in [1.82, 2.24) is 9.47 Å². The van der Waals surface area contributed by atoms with Gasteiger partial charge in [-0.1, -0.05) is 0 Å². The van der Waals surface area contributed by atoms with Crippen LogP contribution in [0.15, 0.2) is 42.7 Å². The number of aromatic nitrogens is 1. The van der Waals surface area contributed by atoms with E-state index in [0.29, 0.717) is 5.75 Å². The number of carbonyl (C=O) groups excluding carboxylic acids is 1. The number of nitrogens with zero attached hydrogens (tertiary/aromatic N) is 2. The average Bonchev–Trinajstić information content (AvgIpc) is 3.08. The molecule has 0 aliphatic carbocycles. The Morgan fingerprint density at radius 1 is 1.25 bits per heavy atom. The summed E-state index contributed by atoms with van der Waals surface area (Å²) in [5.74, 6) is 1.60. The maximum absolute atomic E-state index is 11.6. The van der Waals surface area contributed by atoms with Gasteiger partial charge in [0.1, 0.15) is 11.1 Å². The molecule has 0 N–H and O–H groups in total. The van der Waals surface area contributed by atoms with Crippen LogP contribution in [0, 0.1) is 0 Å². The molecule has 0 bridgehead atoms. The molecule has 2 aromatic rings. The highest BCUT2D eigenvalue weighted by Crippen LogP contribution is 2.37. The quantitative estimate of drug-likeness (QED) is 0.871. The molecule has 1 aliphatic rings. The highest BCUT2D eigenvalue weighted by molar-refractivity contribution is 8.00. The van der Waals surface area contributed by atoms with Crippen molar-refractivity contribution in [2.45, 2.75) is 5.37 Å². The van der Waals surface area contributed by atoms with E-state index in [0.717, 1.165) is 17.0 Å². The second-order valence-electron chi connectivity index (χ2n) is 4.72. The zero-order chi connectivity index (χ0) is 14.1. The molecule has 1 aromatic heterocycles. The van der Waals surface area contributed by atoms with E-state index in [-0.39, 0.29) is 11.3 Å². The minimum atomic E-state index is 0.127. The van der Waals surface area contributed by atoms with Crippen LogP contribution in [0.4, 0.5) is 0 Å². The maximum Gasteiger partial charge on any atom is 0.233 e. The molecular formula is C15H16N2O2S. The third-order valence-corrected chi connectivity index (χ3v) is 4.80. The van der Waals surface area contributed by atoms with Gasteiger partial charge in [-0.25, -0.2) is 0 Å². The highest BCUT2D eigenvalue weighted by atomic mass is 32.2. The van der Waals surface area contributed by atoms with E-state index in [2.05, 4.69) is 16.8 Å². The van der Waals surface area contributed by atoms with Gasteiger partial charge in [0, 0.05) is 30.7 Å². The van der Waals surface area contributed by atoms with Gasteiger partial charge in [0.25, 0.3) is 0 Å². The van der Waals surface area contributed by atoms with Gasteiger partial charge in [-0.3, -0.25) is 4.79 Å². The first-order chi connectivity index (χ1) is 9.69. The summed E-state index contributed by atoms with van der Waals surface area (Å²) in [5.41, 5.74) is 2.23. The van der Waals surface area contributed by atoms with E-state index in [1.807, 2.05) is 37.5 Å². The number of ether oxygens (including phenoxy) is 1. The van der Waals surface area contributed by atoms with Crippen LogP contribution < -0.4 is 4.74 Å². The SMILES string of the molecule is COc1ccc(-n2ccc([C@@H]3SCC(=O)N3C)c2)cc1. The van der Waals surface area contributed by atoms with Crippen molar-refractivity contribution in [1.29, 1.82) is 0 Å². The second kappa shape index (κ2) is 5.25. The number of hydrogen-bond acceptors (Lipinski definition) is 3. The summed E-state index contributed by atoms with van der Waals surface area (Å²) in [6.45, 7) is 0. The summed E-state index contributed by atoms with van der Waals surface area (Å²) in [6.07, 6.45) is 4.10. The predicted octanol–water partition coefficient (Wildman–Crippen LogP) is 2.69. The Bertz CT molecular complexity index is 621. The van der Waals surface area contributed by atoms with Crippen molar-refractivity contribution in [2.75, 3.05) is 19.9 Å². The van der Waals surface area contributed by atoms with Crippen molar-refractivity contribution in [2.24, 2.45) is 0 Å². The number of rotatable bonds is 3. The van der Waals surface area contributed by atoms with Crippen LogP contribution in [-0.2, 0) is 4.79 Å². The van der Waals surface area contributed by atoms with Crippen LogP contribution in [0.5, 0.6) is 5.75 Å². The fraction of sp³-hybridized carbons (Fsp3) is 0.267. The lowest BCUT2D eigenvalue weighted by Crippen LogP contribution is -2.22. The third kappa shape index (κ3) is 2.29. The van der Waals surface area contributed by atoms with Gasteiger partial charge in [-0.2, -0.15) is 0 Å². The summed E-state index contributed by atoms with van der Waals surface area (Å²) in [7, 11) is 3.52. The molecule has 4 nitrogen and oxygen atoms in total. The van der Waals surface area contributed by atoms with E-state index in [9.17, 15) is 4.79 Å². The number of thioether (sulfide) groups is 1. The van der Waals surface area contributed by atoms with Gasteiger partial charge in [0.05, 0.1) is 12.9 Å². The lowest BCUT2D eigenvalue weighted by Gasteiger charge is -2.17. The first kappa shape index (κ1) is 13.1. The van der Waals surface area contributed by atoms with Crippen LogP contribution in [0.3, 0.4) is 0 Å². The van der Waals surface area contributed by atoms with Crippen molar-refractivity contribution in [3.8, 4) is 11.4 Å². The fourth-order valence-electron chi connectivity index (χ4n) is 2.29. The monoisotopic (exact) mass is 288 g/mol. The largest absolute Gasteiger partial charge is 0.497 e. The Morgan fingerprint density at radius 2 is 2.00 bits per heavy atom. The topological polar surface area (TPSA) is 34.5 Å². The van der Waals surface area contributed by atoms with Crippen LogP contribution in [0.2, 0.25) is 0 Å². The van der Waals surface area contributed by atoms with Crippen LogP contribution >= 0.6 is 11.8 Å². The first-order valence-corrected chi connectivity index (χ1v) is 7.43. The Hall–Kier alpha value is -1.88. The van der Waals surface area contributed by atoms with Gasteiger partial charge in [-0.15, -0.1) is 11.8 Å². The van der Waals surface area contributed by atoms with Crippen molar-refractivity contribution >= 4 is 17.7 Å². The smallest absolute Gasteiger partial charge is 0.233 e. The van der Waals surface area contributed by atoms with Gasteiger partial charge >= 0.3 is 0 Å². The number of carbonyl (C=O) groups is 1. The molecular weight excluding hydrogens is 272 g/mol. The molecule has 0 spiro atoms. The number of benzene rings is 1. The van der Waals surface area contributed by atoms with Crippen LogP contribution in [-0.4, -0.2) is 35.3 Å². The van der Waals surface area contributed by atoms with E-state index >= 15 is 0 Å². The molecule has 1 aromatic carbocycles. The highest BCUT2D eigenvalue weighted by Gasteiger charge is 2.30. The zero-order valence-electron chi connectivity index (χ0n) is 11.4. The second-order valence-corrected chi connectivity index (χ2v) is 5.79. The molecule has 1 aliphatic heterocycles. The van der Waals surface area contributed by atoms with Crippen LogP contribution in [0.1, 0.15) is 10.9 Å². The lowest BCUT2D eigenvalue weighted by molar-refractivity contribution is -0.126. The van der Waals surface area contributed by atoms with Gasteiger partial charge in [0.15, 0.2) is 0 Å². The van der Waals surface area contributed by atoms with Gasteiger partial charge in [0.2, 0.25) is 5.91 Å². The molecule has 1 fully saturated rings. The van der Waals surface area contributed by atoms with Crippen molar-refractivity contribution in [3.63, 3.8) is 0 Å². The molecule has 1 saturated heterocycles. The van der Waals surface area contributed by atoms with Gasteiger partial charge < -0.3 is 14.2 Å². The summed E-state index contributed by atoms with van der Waals surface area (Å²) in [6, 6.07) is 9.97. The Morgan fingerprint density at radius 3 is 2.60 bits per heavy atom. The lowest BCUT2D eigenvalue weighted by atomic mass is 10.3. The van der Waals surface area contributed by atoms with E-state index in [1.54, 1.807) is 23.8 Å². The number of methoxy groups -OCH3 is 1. The molecule has 2 heterocycles. The molecule has 0 radical (unpaired) electrons. The summed E-state index contributed by atoms with van der Waals surface area (Å²) < 4.78 is 7.22. The minimum absolute atomic E-state index is 0.127. The number of amides is 1. The van der Waals surface area contributed by atoms with E-state index in [4.69, 9.17) is 4.74 Å². The molecule has 20 heavy (non-hydrogen) atoms. The average molecular weight is 288 g/mol. The first-order valence-electron chi connectivity index (χ1n) is 6.38. The van der Waals surface area contributed by atoms with Crippen molar-refractivity contribution < 1.29 is 9.53 Å². The fourth-order valence-corrected chi connectivity index (χ4v) is 3.47. The molecule has 5 heteroatoms. The number of hydrogen-bond donors (Lipinski definition) is 0. The summed E-state index contributed by atoms with van der Waals surface area (Å²) >= 11 is 1.67. The minimum Gasteiger partial charge on any atom is -0.497 e. The Kier molecular flexibility index (Phi) is 3.44. The molecule has 104 valence electrons. The van der Waals surface area contributed by atoms with Gasteiger partial charge in [-0.05, 0) is 30.3 Å². The molecule has 0 unspecified atom stereocenters. The maximum atomic E-state index is 11.6. The normalized spacial score (nSPS) is 18.6. The predicted molar refractivity (Wildman–Crippen MR) is 80.3 cm³/mol. The standard InChI is InChI=1S/C15H16N2O2S/c1-16-14(18)10-20-15(16)11-7-8-17(9-11)12-3-5-13(19-2)6-4-12/h3-9,15H,10H2,1-2H3/t15-/m0/s1. The summed E-state index contributed by atoms with van der Waals surface area (Å²) in [4.78, 5) is 13.4. The summed E-state index contributed by atoms with van der Waals surface area (Å²) in [5, 5.41) is 0.127. The molecule has 1 atom stereocenters. The third-order valence-electron chi connectivity index (χ3n) is 3.48. The molecule has 3 rings (SSSR count). The Balaban J connectivity index is 1.84.